The second kappa shape index (κ2) is 4.13. The zero-order chi connectivity index (χ0) is 12.5. The molecule has 3 nitrogen and oxygen atoms in total. The van der Waals surface area contributed by atoms with Gasteiger partial charge in [-0.3, -0.25) is 0 Å². The number of nitrogens with two attached hydrogens (primary N) is 1. The summed E-state index contributed by atoms with van der Waals surface area (Å²) >= 11 is 0. The number of aliphatic carboxylic acids is 1. The molecule has 0 bridgehead atoms. The molecule has 0 aliphatic carbocycles. The van der Waals surface area contributed by atoms with Gasteiger partial charge in [0.1, 0.15) is 5.82 Å². The highest BCUT2D eigenvalue weighted by molar-refractivity contribution is 5.77. The van der Waals surface area contributed by atoms with Gasteiger partial charge in [0, 0.05) is 11.6 Å². The molecule has 0 aliphatic heterocycles. The minimum absolute atomic E-state index is 0.140. The van der Waals surface area contributed by atoms with E-state index >= 15 is 0 Å². The molecule has 0 heterocycles. The fraction of sp³-hybridized carbons (Fsp3) is 0.300. The summed E-state index contributed by atoms with van der Waals surface area (Å²) in [5.41, 5.74) is 4.06. The normalized spacial score (nSPS) is 13.6. The summed E-state index contributed by atoms with van der Waals surface area (Å²) in [7, 11) is 0. The van der Waals surface area contributed by atoms with Gasteiger partial charge in [-0.25, -0.2) is 9.18 Å². The van der Waals surface area contributed by atoms with Crippen LogP contribution in [0.2, 0.25) is 0 Å². The largest absolute Gasteiger partial charge is 0.477 e. The van der Waals surface area contributed by atoms with Gasteiger partial charge in [-0.15, -0.1) is 0 Å². The van der Waals surface area contributed by atoms with E-state index in [4.69, 9.17) is 10.8 Å². The minimum Gasteiger partial charge on any atom is -0.477 e. The van der Waals surface area contributed by atoms with Gasteiger partial charge in [-0.1, -0.05) is 12.1 Å². The van der Waals surface area contributed by atoms with Crippen molar-refractivity contribution < 1.29 is 23.1 Å². The van der Waals surface area contributed by atoms with Crippen LogP contribution in [0.5, 0.6) is 0 Å². The van der Waals surface area contributed by atoms with Crippen molar-refractivity contribution >= 4 is 5.97 Å². The molecule has 1 rings (SSSR count). The van der Waals surface area contributed by atoms with Crippen molar-refractivity contribution in [2.24, 2.45) is 5.73 Å². The van der Waals surface area contributed by atoms with E-state index in [9.17, 15) is 18.0 Å². The summed E-state index contributed by atoms with van der Waals surface area (Å²) in [4.78, 5) is 10.3. The molecule has 3 N–H and O–H groups in total. The topological polar surface area (TPSA) is 63.3 Å². The highest BCUT2D eigenvalue weighted by Gasteiger charge is 2.43. The first-order chi connectivity index (χ1) is 7.28. The molecule has 0 aromatic heterocycles. The quantitative estimate of drug-likeness (QED) is 0.839. The molecule has 0 amide bonds. The Kier molecular flexibility index (Phi) is 3.23. The van der Waals surface area contributed by atoms with E-state index in [1.165, 1.54) is 13.0 Å². The number of carboxylic acid groups (broad SMARTS) is 1. The maximum atomic E-state index is 13.6. The van der Waals surface area contributed by atoms with E-state index in [2.05, 4.69) is 0 Å². The number of hydrogen-bond acceptors (Lipinski definition) is 2. The monoisotopic (exact) mass is 233 g/mol. The zero-order valence-electron chi connectivity index (χ0n) is 8.38. The average Bonchev–Trinajstić information content (AvgIpc) is 2.16. The Morgan fingerprint density at radius 1 is 1.50 bits per heavy atom. The fourth-order valence-electron chi connectivity index (χ4n) is 1.26. The molecule has 0 unspecified atom stereocenters. The van der Waals surface area contributed by atoms with Crippen LogP contribution < -0.4 is 5.73 Å². The Morgan fingerprint density at radius 3 is 2.50 bits per heavy atom. The van der Waals surface area contributed by atoms with Gasteiger partial charge in [0.25, 0.3) is 0 Å². The van der Waals surface area contributed by atoms with E-state index < -0.39 is 29.3 Å². The molecule has 1 aromatic rings. The van der Waals surface area contributed by atoms with Crippen molar-refractivity contribution in [1.29, 1.82) is 0 Å². The molecule has 0 radical (unpaired) electrons. The molecule has 0 fully saturated rings. The molecule has 88 valence electrons. The van der Waals surface area contributed by atoms with Crippen LogP contribution in [0, 0.1) is 5.82 Å². The Balaban J connectivity index is 3.36. The maximum Gasteiger partial charge on any atom is 0.379 e. The van der Waals surface area contributed by atoms with Crippen LogP contribution in [-0.4, -0.2) is 11.1 Å². The fourth-order valence-corrected chi connectivity index (χ4v) is 1.26. The van der Waals surface area contributed by atoms with Gasteiger partial charge >= 0.3 is 11.9 Å². The van der Waals surface area contributed by atoms with Gasteiger partial charge in [0.15, 0.2) is 0 Å². The van der Waals surface area contributed by atoms with Crippen molar-refractivity contribution in [2.45, 2.75) is 18.9 Å². The number of hydrogen-bond donors (Lipinski definition) is 2. The highest BCUT2D eigenvalue weighted by atomic mass is 19.3. The predicted molar refractivity (Wildman–Crippen MR) is 50.5 cm³/mol. The standard InChI is InChI=1S/C10H10F3NO2/c1-5(14)6-3-2-4-7(8(6)11)10(12,13)9(15)16/h2-5H,14H2,1H3,(H,15,16)/t5-/m1/s1. The highest BCUT2D eigenvalue weighted by Crippen LogP contribution is 2.32. The summed E-state index contributed by atoms with van der Waals surface area (Å²) in [6.07, 6.45) is 0. The molecule has 0 aliphatic rings. The van der Waals surface area contributed by atoms with E-state index in [0.717, 1.165) is 12.1 Å². The number of halogens is 3. The lowest BCUT2D eigenvalue weighted by atomic mass is 10.0. The average molecular weight is 233 g/mol. The van der Waals surface area contributed by atoms with Crippen molar-refractivity contribution in [3.05, 3.63) is 35.1 Å². The lowest BCUT2D eigenvalue weighted by Gasteiger charge is -2.15. The first-order valence-corrected chi connectivity index (χ1v) is 4.44. The van der Waals surface area contributed by atoms with Crippen LogP contribution in [0.1, 0.15) is 24.1 Å². The summed E-state index contributed by atoms with van der Waals surface area (Å²) < 4.78 is 39.8. The smallest absolute Gasteiger partial charge is 0.379 e. The van der Waals surface area contributed by atoms with Crippen molar-refractivity contribution in [1.82, 2.24) is 0 Å². The Hall–Kier alpha value is -1.56. The summed E-state index contributed by atoms with van der Waals surface area (Å²) in [5, 5.41) is 8.30. The van der Waals surface area contributed by atoms with Crippen LogP contribution >= 0.6 is 0 Å². The SMILES string of the molecule is C[C@@H](N)c1cccc(C(F)(F)C(=O)O)c1F. The van der Waals surface area contributed by atoms with Crippen LogP contribution in [0.15, 0.2) is 18.2 Å². The third-order valence-electron chi connectivity index (χ3n) is 2.13. The van der Waals surface area contributed by atoms with E-state index in [1.54, 1.807) is 0 Å². The molecule has 0 spiro atoms. The van der Waals surface area contributed by atoms with Crippen LogP contribution in [-0.2, 0) is 10.7 Å². The van der Waals surface area contributed by atoms with Gasteiger partial charge in [0.2, 0.25) is 0 Å². The van der Waals surface area contributed by atoms with Crippen LogP contribution in [0.4, 0.5) is 13.2 Å². The third kappa shape index (κ3) is 2.01. The van der Waals surface area contributed by atoms with Crippen LogP contribution in [0.3, 0.4) is 0 Å². The third-order valence-corrected chi connectivity index (χ3v) is 2.13. The van der Waals surface area contributed by atoms with Gasteiger partial charge in [-0.2, -0.15) is 8.78 Å². The number of carboxylic acids is 1. The second-order valence-corrected chi connectivity index (χ2v) is 3.38. The first kappa shape index (κ1) is 12.5. The molecule has 1 aromatic carbocycles. The van der Waals surface area contributed by atoms with E-state index in [0.29, 0.717) is 0 Å². The lowest BCUT2D eigenvalue weighted by Crippen LogP contribution is -2.27. The molecule has 6 heteroatoms. The molecular weight excluding hydrogens is 223 g/mol. The second-order valence-electron chi connectivity index (χ2n) is 3.38. The van der Waals surface area contributed by atoms with Crippen LogP contribution in [0.25, 0.3) is 0 Å². The van der Waals surface area contributed by atoms with Gasteiger partial charge in [0.05, 0.1) is 5.56 Å². The summed E-state index contributed by atoms with van der Waals surface area (Å²) in [6, 6.07) is 2.33. The van der Waals surface area contributed by atoms with Gasteiger partial charge < -0.3 is 10.8 Å². The number of benzene rings is 1. The molecule has 1 atom stereocenters. The van der Waals surface area contributed by atoms with Crippen molar-refractivity contribution in [3.8, 4) is 0 Å². The van der Waals surface area contributed by atoms with Crippen molar-refractivity contribution in [2.75, 3.05) is 0 Å². The number of carbonyl (C=O) groups is 1. The summed E-state index contributed by atoms with van der Waals surface area (Å²) in [6.45, 7) is 1.42. The lowest BCUT2D eigenvalue weighted by molar-refractivity contribution is -0.166. The summed E-state index contributed by atoms with van der Waals surface area (Å²) in [5.74, 6) is -7.92. The molecule has 0 saturated heterocycles. The Morgan fingerprint density at radius 2 is 2.06 bits per heavy atom. The van der Waals surface area contributed by atoms with E-state index in [1.807, 2.05) is 0 Å². The number of rotatable bonds is 3. The Labute approximate surface area is 89.7 Å². The van der Waals surface area contributed by atoms with Gasteiger partial charge in [-0.05, 0) is 13.0 Å². The minimum atomic E-state index is -4.25. The maximum absolute atomic E-state index is 13.6. The van der Waals surface area contributed by atoms with E-state index in [-0.39, 0.29) is 5.56 Å². The van der Waals surface area contributed by atoms with Crippen molar-refractivity contribution in [3.63, 3.8) is 0 Å². The molecule has 0 saturated carbocycles. The molecule has 16 heavy (non-hydrogen) atoms. The first-order valence-electron chi connectivity index (χ1n) is 4.44. The predicted octanol–water partition coefficient (Wildman–Crippen LogP) is 2.02. The number of alkyl halides is 2. The molecular formula is C10H10F3NO2. The Bertz CT molecular complexity index is 419. The zero-order valence-corrected chi connectivity index (χ0v) is 8.38.